The number of nitrogens with zero attached hydrogens (tertiary/aromatic N) is 3. The number of amides is 8. The first-order valence-corrected chi connectivity index (χ1v) is 32.1. The van der Waals surface area contributed by atoms with Crippen molar-refractivity contribution in [3.63, 3.8) is 0 Å². The van der Waals surface area contributed by atoms with Gasteiger partial charge < -0.3 is 90.5 Å². The number of aliphatic carboxylic acids is 2. The van der Waals surface area contributed by atoms with Crippen molar-refractivity contribution in [3.05, 3.63) is 114 Å². The fraction of sp³-hybridized carbons (Fsp3) is 0.500. The Morgan fingerprint density at radius 1 is 0.667 bits per heavy atom. The van der Waals surface area contributed by atoms with Crippen molar-refractivity contribution in [2.75, 3.05) is 19.6 Å². The Balaban J connectivity index is 0.000000635. The van der Waals surface area contributed by atoms with Crippen LogP contribution in [0.4, 0.5) is 0 Å². The number of carboxylic acids is 2. The van der Waals surface area contributed by atoms with Gasteiger partial charge >= 0.3 is 17.9 Å². The van der Waals surface area contributed by atoms with Crippen LogP contribution in [0.3, 0.4) is 0 Å². The lowest BCUT2D eigenvalue weighted by molar-refractivity contribution is -0.145. The molecular weight excluding hydrogens is 1240 g/mol. The van der Waals surface area contributed by atoms with Gasteiger partial charge in [0.05, 0.1) is 24.7 Å². The number of phenols is 1. The largest absolute Gasteiger partial charge is 0.508 e. The second-order valence-electron chi connectivity index (χ2n) is 24.7. The van der Waals surface area contributed by atoms with Crippen molar-refractivity contribution in [1.82, 2.24) is 46.8 Å². The number of primary amides is 1. The minimum absolute atomic E-state index is 0.000444. The summed E-state index contributed by atoms with van der Waals surface area (Å²) in [4.78, 5) is 157. The number of ether oxygens (including phenoxy) is 1. The number of rotatable bonds is 34. The fourth-order valence-electron chi connectivity index (χ4n) is 11.0. The number of nitrogens with two attached hydrogens (primary N) is 5. The van der Waals surface area contributed by atoms with Crippen LogP contribution in [-0.4, -0.2) is 169 Å². The number of carbonyl (C=O) groups excluding carboxylic acids is 9. The fourth-order valence-corrected chi connectivity index (χ4v) is 11.0. The molecule has 2 fully saturated rings. The molecule has 3 aromatic carbocycles. The Morgan fingerprint density at radius 3 is 1.79 bits per heavy atom. The molecule has 1 saturated heterocycles. The van der Waals surface area contributed by atoms with E-state index in [2.05, 4.69) is 46.9 Å². The third-order valence-electron chi connectivity index (χ3n) is 16.5. The highest BCUT2D eigenvalue weighted by Gasteiger charge is 2.41. The summed E-state index contributed by atoms with van der Waals surface area (Å²) >= 11 is 0. The highest BCUT2D eigenvalue weighted by Crippen LogP contribution is 2.30. The number of H-pyrrole nitrogens is 1. The Morgan fingerprint density at radius 2 is 1.24 bits per heavy atom. The van der Waals surface area contributed by atoms with E-state index < -0.39 is 126 Å². The van der Waals surface area contributed by atoms with Crippen LogP contribution in [0.25, 0.3) is 0 Å². The van der Waals surface area contributed by atoms with E-state index >= 15 is 0 Å². The van der Waals surface area contributed by atoms with Gasteiger partial charge in [-0.3, -0.25) is 52.9 Å². The number of hydrogen-bond acceptors (Lipinski definition) is 17. The molecule has 30 heteroatoms. The van der Waals surface area contributed by atoms with Gasteiger partial charge in [-0.15, -0.1) is 0 Å². The molecule has 0 bridgehead atoms. The molecule has 6 rings (SSSR count). The zero-order valence-electron chi connectivity index (χ0n) is 54.6. The summed E-state index contributed by atoms with van der Waals surface area (Å²) in [5, 5.41) is 44.5. The van der Waals surface area contributed by atoms with E-state index in [0.29, 0.717) is 47.9 Å². The molecule has 20 N–H and O–H groups in total. The quantitative estimate of drug-likeness (QED) is 0.00967. The number of aromatic amines is 1. The molecular formula is C66H93N15O15. The standard InChI is InChI=1S/C49H70N14O11.C17H23NO4/c1-26(2)39(61-42(67)33(12-8-18-55-49(52)53)57-41(66)32(50)23-38(51)65)45(70)58-34(20-29-14-16-31(64)17-15-29)43(68)62-40(27(3)4)46(71)59-35(22-30-24-54-25-56-30)47(72)63-19-9-13-37(63)44(69)60-36(48(73)74)21-28-10-6-5-7-11-28;18-11-13-1-6-14(7-2-13)17(21)22-15-8-3-12(4-9-15)5-10-16(19)20/h5-7,10-11,14-17,24-27,32-37,39-40,64H,8-9,12-13,18-23,50H2,1-4H3,(H2,51,65)(H,54,56)(H,57,66)(H,58,70)(H,59,71)(H,60,69)(H,61,67)(H,62,68)(H,73,74)(H4,52,53,55);3-4,8-9,13-14H,1-2,5-7,10-11,18H2,(H,19,20)/t32-,33-,34-,35-,36-,37-,39-,40-;/m0./s1. The van der Waals surface area contributed by atoms with E-state index in [1.807, 2.05) is 0 Å². The Labute approximate surface area is 556 Å². The molecule has 522 valence electrons. The number of esters is 1. The van der Waals surface area contributed by atoms with Gasteiger partial charge in [0.2, 0.25) is 47.3 Å². The van der Waals surface area contributed by atoms with Crippen molar-refractivity contribution >= 4 is 71.1 Å². The van der Waals surface area contributed by atoms with Gasteiger partial charge in [0.1, 0.15) is 53.8 Å². The van der Waals surface area contributed by atoms with Crippen LogP contribution in [0.2, 0.25) is 0 Å². The molecule has 1 saturated carbocycles. The Hall–Kier alpha value is -9.97. The highest BCUT2D eigenvalue weighted by molar-refractivity contribution is 5.98. The van der Waals surface area contributed by atoms with Gasteiger partial charge in [-0.25, -0.2) is 9.78 Å². The maximum Gasteiger partial charge on any atom is 0.326 e. The molecule has 8 amide bonds. The molecule has 2 aliphatic rings. The SMILES string of the molecule is CC(C)[C@H](NC(=O)[C@H](CCCN=C(N)N)NC(=O)[C@@H](N)CC(N)=O)C(=O)N[C@@H](Cc1ccc(O)cc1)C(=O)N[C@H](C(=O)N[C@@H](Cc1cnc[nH]1)C(=O)N1CCC[C@H]1C(=O)N[C@@H](Cc1ccccc1)C(=O)O)C(C)C.NCC1CCC(C(=O)Oc2ccc(CCC(=O)O)cc2)CC1. The molecule has 0 radical (unpaired) electrons. The number of nitrogens with one attached hydrogen (secondary N) is 7. The number of aryl methyl sites for hydroxylation is 1. The number of aliphatic imine (C=N–C) groups is 1. The first-order chi connectivity index (χ1) is 45.6. The van der Waals surface area contributed by atoms with Crippen LogP contribution in [0.15, 0.2) is 96.4 Å². The minimum Gasteiger partial charge on any atom is -0.508 e. The average molecular weight is 1340 g/mol. The van der Waals surface area contributed by atoms with Gasteiger partial charge in [-0.05, 0) is 123 Å². The first-order valence-electron chi connectivity index (χ1n) is 32.1. The molecule has 1 aliphatic carbocycles. The van der Waals surface area contributed by atoms with Gasteiger partial charge in [0.25, 0.3) is 0 Å². The lowest BCUT2D eigenvalue weighted by atomic mass is 9.82. The van der Waals surface area contributed by atoms with E-state index in [4.69, 9.17) is 38.5 Å². The van der Waals surface area contributed by atoms with Gasteiger partial charge in [0, 0.05) is 50.7 Å². The van der Waals surface area contributed by atoms with Gasteiger partial charge in [-0.2, -0.15) is 0 Å². The van der Waals surface area contributed by atoms with Crippen LogP contribution in [0.1, 0.15) is 114 Å². The van der Waals surface area contributed by atoms with E-state index in [-0.39, 0.29) is 81.6 Å². The van der Waals surface area contributed by atoms with Crippen LogP contribution in [0, 0.1) is 23.7 Å². The molecule has 30 nitrogen and oxygen atoms in total. The topological polar surface area (TPSA) is 504 Å². The number of aromatic hydroxyl groups is 1. The van der Waals surface area contributed by atoms with E-state index in [1.54, 1.807) is 82.3 Å². The van der Waals surface area contributed by atoms with Crippen molar-refractivity contribution in [2.45, 2.75) is 166 Å². The van der Waals surface area contributed by atoms with E-state index in [0.717, 1.165) is 31.2 Å². The number of guanidine groups is 1. The normalized spacial score (nSPS) is 17.2. The number of imidazole rings is 1. The third kappa shape index (κ3) is 25.4. The number of benzene rings is 3. The smallest absolute Gasteiger partial charge is 0.326 e. The van der Waals surface area contributed by atoms with Crippen molar-refractivity contribution in [3.8, 4) is 11.5 Å². The first kappa shape index (κ1) is 76.7. The maximum atomic E-state index is 14.5. The summed E-state index contributed by atoms with van der Waals surface area (Å²) < 4.78 is 5.42. The highest BCUT2D eigenvalue weighted by atomic mass is 16.5. The Kier molecular flexibility index (Phi) is 30.7. The maximum absolute atomic E-state index is 14.5. The molecule has 0 unspecified atom stereocenters. The lowest BCUT2D eigenvalue weighted by Gasteiger charge is -2.31. The lowest BCUT2D eigenvalue weighted by Crippen LogP contribution is -2.62. The second-order valence-corrected chi connectivity index (χ2v) is 24.7. The van der Waals surface area contributed by atoms with Crippen LogP contribution >= 0.6 is 0 Å². The second kappa shape index (κ2) is 38.4. The zero-order chi connectivity index (χ0) is 70.6. The van der Waals surface area contributed by atoms with Crippen molar-refractivity contribution in [2.24, 2.45) is 57.3 Å². The van der Waals surface area contributed by atoms with Crippen molar-refractivity contribution in [1.29, 1.82) is 0 Å². The molecule has 96 heavy (non-hydrogen) atoms. The van der Waals surface area contributed by atoms with Crippen LogP contribution in [0.5, 0.6) is 11.5 Å². The van der Waals surface area contributed by atoms with Crippen LogP contribution < -0.4 is 65.3 Å². The van der Waals surface area contributed by atoms with Crippen LogP contribution in [-0.2, 0) is 78.4 Å². The molecule has 4 aromatic rings. The molecule has 8 atom stereocenters. The summed E-state index contributed by atoms with van der Waals surface area (Å²) in [5.41, 5.74) is 30.1. The number of aromatic nitrogens is 2. The molecule has 1 aliphatic heterocycles. The predicted molar refractivity (Wildman–Crippen MR) is 352 cm³/mol. The minimum atomic E-state index is -1.41. The summed E-state index contributed by atoms with van der Waals surface area (Å²) in [6.45, 7) is 7.46. The number of hydrogen-bond donors (Lipinski definition) is 15. The average Bonchev–Trinajstić information content (AvgIpc) is 1.60. The van der Waals surface area contributed by atoms with Gasteiger partial charge in [0.15, 0.2) is 5.96 Å². The number of likely N-dealkylation sites (tertiary alicyclic amines) is 1. The number of carbonyl (C=O) groups is 11. The van der Waals surface area contributed by atoms with Crippen molar-refractivity contribution < 1.29 is 72.8 Å². The molecule has 0 spiro atoms. The van der Waals surface area contributed by atoms with E-state index in [9.17, 15) is 63.0 Å². The van der Waals surface area contributed by atoms with Gasteiger partial charge in [-0.1, -0.05) is 82.3 Å². The number of carboxylic acid groups (broad SMARTS) is 2. The molecule has 1 aromatic heterocycles. The summed E-state index contributed by atoms with van der Waals surface area (Å²) in [7, 11) is 0. The zero-order valence-corrected chi connectivity index (χ0v) is 54.6. The Bertz CT molecular complexity index is 3270. The number of phenolic OH excluding ortho intramolecular Hbond substituents is 1. The summed E-state index contributed by atoms with van der Waals surface area (Å²) in [6, 6.07) is 11.2. The summed E-state index contributed by atoms with van der Waals surface area (Å²) in [5.74, 6) is -9.00. The van der Waals surface area contributed by atoms with E-state index in [1.165, 1.54) is 41.7 Å². The third-order valence-corrected chi connectivity index (χ3v) is 16.5. The predicted octanol–water partition coefficient (Wildman–Crippen LogP) is 0.0702. The molecule has 2 heterocycles. The monoisotopic (exact) mass is 1340 g/mol. The summed E-state index contributed by atoms with van der Waals surface area (Å²) in [6.07, 6.45) is 7.11.